The highest BCUT2D eigenvalue weighted by atomic mass is 32.1. The lowest BCUT2D eigenvalue weighted by Crippen LogP contribution is -2.59. The number of aliphatic hydroxyl groups excluding tert-OH is 3. The zero-order valence-corrected chi connectivity index (χ0v) is 71.6. The molecule has 0 radical (unpaired) electrons. The molecular formula is C91H113N9O16S2. The van der Waals surface area contributed by atoms with Crippen molar-refractivity contribution in [3.8, 4) is 20.9 Å². The van der Waals surface area contributed by atoms with Gasteiger partial charge in [0.15, 0.2) is 17.3 Å². The number of Topliss-reactive ketones (excluding diaryl/α,β-unsaturated/α-hetero) is 3. The smallest absolute Gasteiger partial charge is 0.408 e. The summed E-state index contributed by atoms with van der Waals surface area (Å²) in [6.45, 7) is 26.9. The Kier molecular flexibility index (Phi) is 28.1. The first-order valence-corrected chi connectivity index (χ1v) is 42.5. The zero-order chi connectivity index (χ0) is 85.6. The number of ketones is 3. The molecule has 6 N–H and O–H groups in total. The van der Waals surface area contributed by atoms with E-state index in [4.69, 9.17) is 9.47 Å². The number of likely N-dealkylation sites (tertiary alicyclic amines) is 3. The summed E-state index contributed by atoms with van der Waals surface area (Å²) in [7, 11) is 0. The third-order valence-corrected chi connectivity index (χ3v) is 25.0. The van der Waals surface area contributed by atoms with Crippen molar-refractivity contribution in [2.45, 2.75) is 239 Å². The van der Waals surface area contributed by atoms with Gasteiger partial charge in [-0.05, 0) is 142 Å². The van der Waals surface area contributed by atoms with E-state index in [-0.39, 0.29) is 124 Å². The van der Waals surface area contributed by atoms with Crippen LogP contribution >= 0.6 is 22.7 Å². The fourth-order valence-corrected chi connectivity index (χ4v) is 18.2. The van der Waals surface area contributed by atoms with Gasteiger partial charge in [0.2, 0.25) is 23.6 Å². The summed E-state index contributed by atoms with van der Waals surface area (Å²) in [5.74, 6) is -2.54. The van der Waals surface area contributed by atoms with Crippen LogP contribution < -0.4 is 10.6 Å². The number of carbonyl (C=O) groups excluding carboxylic acids is 10. The van der Waals surface area contributed by atoms with Crippen molar-refractivity contribution in [2.24, 2.45) is 17.3 Å². The summed E-state index contributed by atoms with van der Waals surface area (Å²) in [5.41, 5.74) is 11.1. The van der Waals surface area contributed by atoms with E-state index < -0.39 is 94.6 Å². The Morgan fingerprint density at radius 1 is 0.568 bits per heavy atom. The molecule has 118 heavy (non-hydrogen) atoms. The number of rotatable bonds is 25. The van der Waals surface area contributed by atoms with E-state index in [9.17, 15) is 68.4 Å². The quantitative estimate of drug-likeness (QED) is 0.0310. The van der Waals surface area contributed by atoms with E-state index in [0.717, 1.165) is 65.6 Å². The van der Waals surface area contributed by atoms with Crippen LogP contribution in [-0.2, 0) is 81.0 Å². The van der Waals surface area contributed by atoms with E-state index in [2.05, 4.69) is 32.7 Å². The van der Waals surface area contributed by atoms with Gasteiger partial charge in [0.1, 0.15) is 40.9 Å². The number of benzene rings is 5. The van der Waals surface area contributed by atoms with E-state index in [1.807, 2.05) is 170 Å². The van der Waals surface area contributed by atoms with Crippen LogP contribution in [0.2, 0.25) is 0 Å². The number of nitrogens with zero attached hydrogens (tertiary/aromatic N) is 7. The van der Waals surface area contributed by atoms with E-state index >= 15 is 0 Å². The highest BCUT2D eigenvalue weighted by Crippen LogP contribution is 2.39. The lowest BCUT2D eigenvalue weighted by atomic mass is 9.85. The van der Waals surface area contributed by atoms with Gasteiger partial charge in [0, 0.05) is 82.4 Å². The van der Waals surface area contributed by atoms with Gasteiger partial charge in [0.05, 0.1) is 75.8 Å². The monoisotopic (exact) mass is 1650 g/mol. The maximum atomic E-state index is 14.1. The molecule has 8 heterocycles. The van der Waals surface area contributed by atoms with Crippen LogP contribution in [0.15, 0.2) is 132 Å². The van der Waals surface area contributed by atoms with Crippen LogP contribution in [0.3, 0.4) is 0 Å². The molecule has 0 saturated carbocycles. The first-order chi connectivity index (χ1) is 55.7. The van der Waals surface area contributed by atoms with Gasteiger partial charge in [-0.15, -0.1) is 22.7 Å². The van der Waals surface area contributed by atoms with Crippen molar-refractivity contribution in [3.63, 3.8) is 0 Å². The maximum absolute atomic E-state index is 14.1. The number of alkyl carbamates (subject to hydrolysis) is 1. The largest absolute Gasteiger partial charge is 0.444 e. The number of β-amino-alcohol motifs (C(OH)–C–C–N with tert-alkyl or cyclic N) is 3. The molecule has 630 valence electrons. The number of ether oxygens (including phenoxy) is 2. The number of aliphatic hydroxyl groups is 4. The van der Waals surface area contributed by atoms with Crippen molar-refractivity contribution in [1.82, 2.24) is 45.1 Å². The number of hydrogen-bond acceptors (Lipinski definition) is 20. The Bertz CT molecular complexity index is 4810. The van der Waals surface area contributed by atoms with Gasteiger partial charge >= 0.3 is 6.09 Å². The van der Waals surface area contributed by atoms with Crippen molar-refractivity contribution in [1.29, 1.82) is 0 Å². The number of fused-ring (bicyclic) bond motifs is 2. The average molecular weight is 1650 g/mol. The second-order valence-electron chi connectivity index (χ2n) is 35.1. The Morgan fingerprint density at radius 2 is 1.00 bits per heavy atom. The molecule has 1 unspecified atom stereocenters. The first kappa shape index (κ1) is 89.1. The van der Waals surface area contributed by atoms with E-state index in [0.29, 0.717) is 43.5 Å². The standard InChI is InChI=1S/C31H44N4O6S.C31H35N3O4S.C29H34N2O6/c1-18-25(42-17-32-18)21-12-9-20(10-13-21)11-14-24(37)23-15-22(36)16-35(23)28(39)26(30(3,4)5)34-27(38)19(2)33-29(40)41-31(6,7)8;1-19(2)27(33-16-23-7-5-6-8-25(23)29(33)37)30(38)34-17-24(35)15-31(34,4)26(36)14-11-21-9-12-22(13-10-21)28-20(3)32-18-39-28;1-18(2)26(31-14-20-5-3-4-6-23(20)27(31)34)28(35)30-15-22(32)13-24(30)25(33)12-9-19-7-10-21(11-8-19)29(36)16-37-17-29/h9-10,12-13,17,19,22-23,26,36H,11,14-16H2,1-8H3,(H,33,40)(H,34,38);5-10,12-13,18-19,24,27,35H,11,14-17H2,1-4H3;3-8,10-11,18,22,24,26,32,36H,9,12-17H2,1-2H3/t19-,22+,23-,26+;24-,27+,31?;22-,24+,26+/m011/s1. The fourth-order valence-electron chi connectivity index (χ4n) is 16.5. The van der Waals surface area contributed by atoms with Crippen molar-refractivity contribution in [2.75, 3.05) is 32.8 Å². The van der Waals surface area contributed by atoms with Crippen LogP contribution in [0.1, 0.15) is 187 Å². The van der Waals surface area contributed by atoms with Crippen molar-refractivity contribution >= 4 is 81.6 Å². The minimum absolute atomic E-state index is 0.00625. The second kappa shape index (κ2) is 37.3. The predicted octanol–water partition coefficient (Wildman–Crippen LogP) is 10.7. The van der Waals surface area contributed by atoms with Gasteiger partial charge in [-0.2, -0.15) is 0 Å². The third-order valence-electron chi connectivity index (χ3n) is 23.1. The molecular weight excluding hydrogens is 1540 g/mol. The topological polar surface area (TPSA) is 336 Å². The minimum atomic E-state index is -1.13. The van der Waals surface area contributed by atoms with Crippen LogP contribution in [0.5, 0.6) is 0 Å². The molecule has 6 aliphatic heterocycles. The molecule has 0 bridgehead atoms. The second-order valence-corrected chi connectivity index (χ2v) is 36.8. The Morgan fingerprint density at radius 3 is 1.41 bits per heavy atom. The van der Waals surface area contributed by atoms with Gasteiger partial charge in [-0.3, -0.25) is 43.2 Å². The maximum Gasteiger partial charge on any atom is 0.408 e. The third kappa shape index (κ3) is 20.6. The van der Waals surface area contributed by atoms with Crippen molar-refractivity contribution in [3.05, 3.63) is 188 Å². The number of hydrogen-bond donors (Lipinski definition) is 6. The van der Waals surface area contributed by atoms with Crippen molar-refractivity contribution < 1.29 is 77.8 Å². The number of aryl methyl sites for hydroxylation is 5. The lowest BCUT2D eigenvalue weighted by Gasteiger charge is -2.39. The first-order valence-electron chi connectivity index (χ1n) is 40.7. The molecule has 0 spiro atoms. The number of aromatic nitrogens is 2. The summed E-state index contributed by atoms with van der Waals surface area (Å²) < 4.78 is 10.3. The van der Waals surface area contributed by atoms with E-state index in [1.165, 1.54) is 21.6 Å². The number of thiazole rings is 2. The van der Waals surface area contributed by atoms with Crippen LogP contribution in [0.4, 0.5) is 4.79 Å². The molecule has 2 aromatic heterocycles. The molecule has 27 heteroatoms. The summed E-state index contributed by atoms with van der Waals surface area (Å²) in [6.07, 6.45) is -0.360. The molecule has 6 aliphatic rings. The van der Waals surface area contributed by atoms with Gasteiger partial charge < -0.3 is 65.0 Å². The molecule has 5 aromatic carbocycles. The van der Waals surface area contributed by atoms with Crippen LogP contribution in [-0.4, -0.2) is 212 Å². The Hall–Kier alpha value is -9.74. The highest BCUT2D eigenvalue weighted by molar-refractivity contribution is 7.13. The summed E-state index contributed by atoms with van der Waals surface area (Å²) in [5, 5.41) is 47.1. The molecule has 7 amide bonds. The predicted molar refractivity (Wildman–Crippen MR) is 449 cm³/mol. The van der Waals surface area contributed by atoms with Crippen LogP contribution in [0.25, 0.3) is 20.9 Å². The summed E-state index contributed by atoms with van der Waals surface area (Å²) in [6, 6.07) is 33.6. The minimum Gasteiger partial charge on any atom is -0.444 e. The molecule has 13 rings (SSSR count). The average Bonchev–Trinajstić information content (AvgIpc) is 1.62. The summed E-state index contributed by atoms with van der Waals surface area (Å²) >= 11 is 3.19. The van der Waals surface area contributed by atoms with Gasteiger partial charge in [-0.1, -0.05) is 158 Å². The zero-order valence-electron chi connectivity index (χ0n) is 70.0. The van der Waals surface area contributed by atoms with Gasteiger partial charge in [-0.25, -0.2) is 14.8 Å². The molecule has 10 atom stereocenters. The number of amides is 7. The van der Waals surface area contributed by atoms with Crippen LogP contribution in [0, 0.1) is 31.1 Å². The normalized spacial score (nSPS) is 21.1. The highest BCUT2D eigenvalue weighted by Gasteiger charge is 2.53. The molecule has 0 aliphatic carbocycles. The van der Waals surface area contributed by atoms with E-state index in [1.54, 1.807) is 72.3 Å². The Labute approximate surface area is 698 Å². The molecule has 25 nitrogen and oxygen atoms in total. The SMILES string of the molecule is CC(C)[C@@H](C(=O)N1C[C@H](O)C[C@H]1C(=O)CCc1ccc(C2(O)COC2)cc1)N1Cc2ccccc2C1=O.Cc1ncsc1-c1ccc(CCC(=O)C2(C)C[C@@H](O)CN2C(=O)[C@H](C(C)C)N2Cc3ccccc3C2=O)cc1.Cc1ncsc1-c1ccc(CCC(=O)[C@@H]2C[C@@H](O)CN2C(=O)[C@@H](NC(=O)[C@H](C)NC(=O)OC(C)(C)C)C(C)(C)C)cc1. The van der Waals surface area contributed by atoms with Gasteiger partial charge in [0.25, 0.3) is 11.8 Å². The Balaban J connectivity index is 0.000000174. The molecule has 4 fully saturated rings. The lowest BCUT2D eigenvalue weighted by molar-refractivity contribution is -0.184. The molecule has 7 aromatic rings. The fraction of sp³-hybridized carbons (Fsp3) is 0.495. The number of carbonyl (C=O) groups is 10. The number of nitrogens with one attached hydrogen (secondary N) is 2. The summed E-state index contributed by atoms with van der Waals surface area (Å²) in [4.78, 5) is 152. The molecule has 4 saturated heterocycles.